The van der Waals surface area contributed by atoms with Crippen LogP contribution < -0.4 is 0 Å². The molecule has 8 atom stereocenters. The lowest BCUT2D eigenvalue weighted by Gasteiger charge is -2.61. The maximum atomic E-state index is 13.3. The second-order valence-corrected chi connectivity index (χ2v) is 12.7. The van der Waals surface area contributed by atoms with Gasteiger partial charge < -0.3 is 4.74 Å². The summed E-state index contributed by atoms with van der Waals surface area (Å²) in [6.07, 6.45) is 9.24. The molecule has 0 bridgehead atoms. The third kappa shape index (κ3) is 2.46. The highest BCUT2D eigenvalue weighted by molar-refractivity contribution is 7.85. The van der Waals surface area contributed by atoms with Crippen molar-refractivity contribution < 1.29 is 18.5 Å². The molecule has 1 spiro atoms. The van der Waals surface area contributed by atoms with E-state index in [1.807, 2.05) is 13.0 Å². The lowest BCUT2D eigenvalue weighted by atomic mass is 9.45. The van der Waals surface area contributed by atoms with Crippen LogP contribution in [0.25, 0.3) is 0 Å². The molecule has 160 valence electrons. The van der Waals surface area contributed by atoms with Gasteiger partial charge in [0.2, 0.25) is 0 Å². The third-order valence-corrected chi connectivity index (χ3v) is 11.8. The molecule has 5 heteroatoms. The van der Waals surface area contributed by atoms with Crippen molar-refractivity contribution in [2.75, 3.05) is 12.4 Å². The number of hydrogen-bond donors (Lipinski definition) is 0. The van der Waals surface area contributed by atoms with Crippen LogP contribution in [0.15, 0.2) is 11.6 Å². The molecule has 0 N–H and O–H groups in total. The Morgan fingerprint density at radius 3 is 2.55 bits per heavy atom. The van der Waals surface area contributed by atoms with E-state index in [0.29, 0.717) is 36.5 Å². The number of allylic oxidation sites excluding steroid dienone is 1. The van der Waals surface area contributed by atoms with Crippen LogP contribution in [-0.4, -0.2) is 33.6 Å². The molecule has 1 heterocycles. The predicted molar refractivity (Wildman–Crippen MR) is 113 cm³/mol. The third-order valence-electron chi connectivity index (χ3n) is 10.1. The fraction of sp³-hybridized carbons (Fsp3) is 0.833. The van der Waals surface area contributed by atoms with Crippen LogP contribution in [0.2, 0.25) is 0 Å². The van der Waals surface area contributed by atoms with Gasteiger partial charge >= 0.3 is 5.97 Å². The summed E-state index contributed by atoms with van der Waals surface area (Å²) in [5, 5.41) is 0.118. The zero-order valence-corrected chi connectivity index (χ0v) is 18.8. The SMILES string of the molecule is CCS(=O)[C@@H]1CC2=CC(=O)CCC2(C)C2CCC3(C)C(CC[C@]34CCOC4=O)C21. The first kappa shape index (κ1) is 20.0. The average Bonchev–Trinajstić information content (AvgIpc) is 3.22. The smallest absolute Gasteiger partial charge is 0.312 e. The first-order chi connectivity index (χ1) is 13.8. The molecule has 29 heavy (non-hydrogen) atoms. The molecule has 0 amide bonds. The molecule has 0 radical (unpaired) electrons. The zero-order valence-electron chi connectivity index (χ0n) is 18.0. The maximum absolute atomic E-state index is 13.3. The Hall–Kier alpha value is -0.970. The summed E-state index contributed by atoms with van der Waals surface area (Å²) < 4.78 is 18.8. The second kappa shape index (κ2) is 6.51. The van der Waals surface area contributed by atoms with Crippen LogP contribution in [0, 0.1) is 34.0 Å². The maximum Gasteiger partial charge on any atom is 0.312 e. The fourth-order valence-electron chi connectivity index (χ4n) is 8.42. The summed E-state index contributed by atoms with van der Waals surface area (Å²) in [6, 6.07) is 0. The van der Waals surface area contributed by atoms with E-state index < -0.39 is 10.8 Å². The number of ether oxygens (including phenoxy) is 1. The summed E-state index contributed by atoms with van der Waals surface area (Å²) in [5.74, 6) is 2.23. The average molecular weight is 419 g/mol. The summed E-state index contributed by atoms with van der Waals surface area (Å²) in [4.78, 5) is 25.1. The van der Waals surface area contributed by atoms with Crippen LogP contribution >= 0.6 is 0 Å². The molecule has 6 unspecified atom stereocenters. The van der Waals surface area contributed by atoms with Crippen molar-refractivity contribution in [2.24, 2.45) is 34.0 Å². The number of esters is 1. The molecular formula is C24H34O4S. The Bertz CT molecular complexity index is 818. The zero-order chi connectivity index (χ0) is 20.6. The first-order valence-corrected chi connectivity index (χ1v) is 12.9. The van der Waals surface area contributed by atoms with Crippen molar-refractivity contribution in [3.05, 3.63) is 11.6 Å². The summed E-state index contributed by atoms with van der Waals surface area (Å²) >= 11 is 0. The Kier molecular flexibility index (Phi) is 4.48. The van der Waals surface area contributed by atoms with E-state index in [9.17, 15) is 13.8 Å². The quantitative estimate of drug-likeness (QED) is 0.631. The van der Waals surface area contributed by atoms with Crippen molar-refractivity contribution in [1.29, 1.82) is 0 Å². The van der Waals surface area contributed by atoms with Crippen molar-refractivity contribution in [3.63, 3.8) is 0 Å². The fourth-order valence-corrected chi connectivity index (χ4v) is 9.95. The Balaban J connectivity index is 1.60. The minimum absolute atomic E-state index is 0.0278. The van der Waals surface area contributed by atoms with Gasteiger partial charge in [-0.15, -0.1) is 0 Å². The Morgan fingerprint density at radius 1 is 1.10 bits per heavy atom. The molecule has 0 aromatic carbocycles. The summed E-state index contributed by atoms with van der Waals surface area (Å²) in [6.45, 7) is 7.29. The molecule has 5 aliphatic rings. The minimum Gasteiger partial charge on any atom is -0.465 e. The summed E-state index contributed by atoms with van der Waals surface area (Å²) in [7, 11) is -0.894. The van der Waals surface area contributed by atoms with Gasteiger partial charge in [-0.3, -0.25) is 13.8 Å². The van der Waals surface area contributed by atoms with E-state index >= 15 is 0 Å². The van der Waals surface area contributed by atoms with Crippen LogP contribution in [0.5, 0.6) is 0 Å². The predicted octanol–water partition coefficient (Wildman–Crippen LogP) is 4.20. The standard InChI is InChI=1S/C24H34O4S/c1-4-29(27)19-14-15-13-16(25)5-8-22(15,2)17-6-9-23(3)18(20(17)19)7-10-24(23)11-12-28-21(24)26/h13,17-20H,4-12,14H2,1-3H3/t17?,18?,19-,20?,22?,23?,24-,29?/m1/s1. The molecule has 5 rings (SSSR count). The van der Waals surface area contributed by atoms with Gasteiger partial charge in [0.1, 0.15) is 0 Å². The largest absolute Gasteiger partial charge is 0.465 e. The normalized spacial score (nSPS) is 49.8. The van der Waals surface area contributed by atoms with Crippen molar-refractivity contribution >= 4 is 22.6 Å². The van der Waals surface area contributed by atoms with Gasteiger partial charge in [-0.1, -0.05) is 26.3 Å². The van der Waals surface area contributed by atoms with Crippen LogP contribution in [0.1, 0.15) is 72.1 Å². The van der Waals surface area contributed by atoms with E-state index in [0.717, 1.165) is 44.9 Å². The molecule has 4 aliphatic carbocycles. The van der Waals surface area contributed by atoms with Gasteiger partial charge in [0.05, 0.1) is 12.0 Å². The molecular weight excluding hydrogens is 384 g/mol. The number of cyclic esters (lactones) is 1. The Labute approximate surface area is 176 Å². The van der Waals surface area contributed by atoms with Gasteiger partial charge in [0.25, 0.3) is 0 Å². The lowest BCUT2D eigenvalue weighted by Crippen LogP contribution is -2.58. The first-order valence-electron chi connectivity index (χ1n) is 11.5. The number of carbonyl (C=O) groups excluding carboxylic acids is 2. The molecule has 3 saturated carbocycles. The van der Waals surface area contributed by atoms with E-state index in [1.54, 1.807) is 0 Å². The van der Waals surface area contributed by atoms with Gasteiger partial charge in [0, 0.05) is 28.2 Å². The van der Waals surface area contributed by atoms with Gasteiger partial charge in [-0.05, 0) is 79.6 Å². The van der Waals surface area contributed by atoms with Crippen molar-refractivity contribution in [3.8, 4) is 0 Å². The van der Waals surface area contributed by atoms with Gasteiger partial charge in [0.15, 0.2) is 5.78 Å². The van der Waals surface area contributed by atoms with E-state index in [4.69, 9.17) is 4.74 Å². The monoisotopic (exact) mass is 418 g/mol. The molecule has 4 fully saturated rings. The van der Waals surface area contributed by atoms with Crippen molar-refractivity contribution in [2.45, 2.75) is 77.4 Å². The highest BCUT2D eigenvalue weighted by atomic mass is 32.2. The number of rotatable bonds is 2. The molecule has 1 aliphatic heterocycles. The van der Waals surface area contributed by atoms with Gasteiger partial charge in [-0.25, -0.2) is 0 Å². The van der Waals surface area contributed by atoms with Crippen LogP contribution in [-0.2, 0) is 25.1 Å². The minimum atomic E-state index is -0.894. The number of ketones is 1. The van der Waals surface area contributed by atoms with Crippen molar-refractivity contribution in [1.82, 2.24) is 0 Å². The van der Waals surface area contributed by atoms with Crippen LogP contribution in [0.4, 0.5) is 0 Å². The van der Waals surface area contributed by atoms with Gasteiger partial charge in [-0.2, -0.15) is 0 Å². The van der Waals surface area contributed by atoms with Crippen LogP contribution in [0.3, 0.4) is 0 Å². The molecule has 0 aromatic rings. The number of fused-ring (bicyclic) bond motifs is 6. The van der Waals surface area contributed by atoms with E-state index in [1.165, 1.54) is 5.57 Å². The Morgan fingerprint density at radius 2 is 1.86 bits per heavy atom. The number of hydrogen-bond acceptors (Lipinski definition) is 4. The molecule has 0 aromatic heterocycles. The number of carbonyl (C=O) groups is 2. The molecule has 1 saturated heterocycles. The summed E-state index contributed by atoms with van der Waals surface area (Å²) in [5.41, 5.74) is 0.958. The lowest BCUT2D eigenvalue weighted by molar-refractivity contribution is -0.156. The van der Waals surface area contributed by atoms with E-state index in [2.05, 4.69) is 13.8 Å². The highest BCUT2D eigenvalue weighted by Gasteiger charge is 2.69. The highest BCUT2D eigenvalue weighted by Crippen LogP contribution is 2.72. The second-order valence-electron chi connectivity index (χ2n) is 10.7. The topological polar surface area (TPSA) is 60.4 Å². The molecule has 4 nitrogen and oxygen atoms in total. The van der Waals surface area contributed by atoms with E-state index in [-0.39, 0.29) is 33.2 Å².